The van der Waals surface area contributed by atoms with Gasteiger partial charge in [0, 0.05) is 36.5 Å². The third-order valence-corrected chi connectivity index (χ3v) is 7.01. The molecule has 2 aromatic carbocycles. The van der Waals surface area contributed by atoms with Gasteiger partial charge in [-0.1, -0.05) is 29.8 Å². The van der Waals surface area contributed by atoms with Gasteiger partial charge in [-0.2, -0.15) is 0 Å². The second-order valence-electron chi connectivity index (χ2n) is 8.75. The van der Waals surface area contributed by atoms with Crippen LogP contribution in [0.5, 0.6) is 0 Å². The van der Waals surface area contributed by atoms with Gasteiger partial charge >= 0.3 is 11.8 Å². The van der Waals surface area contributed by atoms with Crippen molar-refractivity contribution in [3.8, 4) is 0 Å². The molecule has 2 amide bonds. The summed E-state index contributed by atoms with van der Waals surface area (Å²) in [6, 6.07) is 12.0. The minimum absolute atomic E-state index is 0.0553. The van der Waals surface area contributed by atoms with E-state index in [1.165, 1.54) is 16.8 Å². The van der Waals surface area contributed by atoms with Crippen molar-refractivity contribution >= 4 is 34.8 Å². The first-order chi connectivity index (χ1) is 15.4. The first-order valence-electron chi connectivity index (χ1n) is 11.4. The van der Waals surface area contributed by atoms with E-state index in [9.17, 15) is 9.59 Å². The maximum Gasteiger partial charge on any atom is 0.313 e. The van der Waals surface area contributed by atoms with E-state index in [1.54, 1.807) is 18.2 Å². The second kappa shape index (κ2) is 9.92. The van der Waals surface area contributed by atoms with Crippen LogP contribution in [-0.2, 0) is 16.0 Å². The zero-order valence-corrected chi connectivity index (χ0v) is 19.5. The Kier molecular flexibility index (Phi) is 7.01. The highest BCUT2D eigenvalue weighted by Crippen LogP contribution is 2.32. The molecule has 2 N–H and O–H groups in total. The molecule has 1 saturated heterocycles. The number of anilines is 2. The lowest BCUT2D eigenvalue weighted by Crippen LogP contribution is -2.41. The van der Waals surface area contributed by atoms with Gasteiger partial charge in [-0.15, -0.1) is 0 Å². The van der Waals surface area contributed by atoms with Gasteiger partial charge in [0.25, 0.3) is 0 Å². The highest BCUT2D eigenvalue weighted by Gasteiger charge is 2.26. The number of halogens is 1. The van der Waals surface area contributed by atoms with Crippen LogP contribution in [0, 0.1) is 6.92 Å². The number of carbonyl (C=O) groups excluding carboxylic acids is 2. The van der Waals surface area contributed by atoms with Crippen LogP contribution in [0.25, 0.3) is 0 Å². The lowest BCUT2D eigenvalue weighted by atomic mass is 9.96. The zero-order chi connectivity index (χ0) is 22.7. The van der Waals surface area contributed by atoms with Crippen molar-refractivity contribution in [2.75, 3.05) is 43.4 Å². The molecule has 1 atom stereocenters. The summed E-state index contributed by atoms with van der Waals surface area (Å²) in [7, 11) is 2.14. The summed E-state index contributed by atoms with van der Waals surface area (Å²) < 4.78 is 0. The number of nitrogens with zero attached hydrogens (tertiary/aromatic N) is 2. The fourth-order valence-electron chi connectivity index (χ4n) is 4.72. The Morgan fingerprint density at radius 1 is 1.06 bits per heavy atom. The molecule has 2 aliphatic rings. The van der Waals surface area contributed by atoms with Gasteiger partial charge in [0.2, 0.25) is 0 Å². The molecule has 0 saturated carbocycles. The van der Waals surface area contributed by atoms with E-state index in [1.807, 2.05) is 6.92 Å². The smallest absolute Gasteiger partial charge is 0.313 e. The van der Waals surface area contributed by atoms with Crippen molar-refractivity contribution in [1.29, 1.82) is 0 Å². The summed E-state index contributed by atoms with van der Waals surface area (Å²) in [6.45, 7) is 5.30. The number of nitrogens with one attached hydrogen (secondary N) is 2. The van der Waals surface area contributed by atoms with E-state index in [0.29, 0.717) is 17.3 Å². The Labute approximate surface area is 194 Å². The molecule has 32 heavy (non-hydrogen) atoms. The Hall–Kier alpha value is -2.57. The van der Waals surface area contributed by atoms with Gasteiger partial charge in [-0.3, -0.25) is 14.5 Å². The van der Waals surface area contributed by atoms with Crippen molar-refractivity contribution in [2.24, 2.45) is 0 Å². The van der Waals surface area contributed by atoms with Gasteiger partial charge in [-0.05, 0) is 80.6 Å². The zero-order valence-electron chi connectivity index (χ0n) is 18.8. The Bertz CT molecular complexity index is 1000. The van der Waals surface area contributed by atoms with Crippen molar-refractivity contribution in [1.82, 2.24) is 10.2 Å². The van der Waals surface area contributed by atoms with E-state index in [-0.39, 0.29) is 6.04 Å². The standard InChI is InChI=1S/C25H31ClN4O2/c1-17-20(26)8-5-9-21(17)28-25(32)24(31)27-16-23(30-13-3-4-14-30)19-10-11-22-18(15-19)7-6-12-29(22)2/h5,8-11,15,23H,3-4,6-7,12-14,16H2,1-2H3,(H,27,31)(H,28,32). The molecule has 170 valence electrons. The predicted molar refractivity (Wildman–Crippen MR) is 129 cm³/mol. The summed E-state index contributed by atoms with van der Waals surface area (Å²) in [5.74, 6) is -1.31. The molecule has 0 spiro atoms. The number of amides is 2. The van der Waals surface area contributed by atoms with Crippen LogP contribution in [0.15, 0.2) is 36.4 Å². The Morgan fingerprint density at radius 3 is 2.62 bits per heavy atom. The highest BCUT2D eigenvalue weighted by molar-refractivity contribution is 6.40. The van der Waals surface area contributed by atoms with Crippen LogP contribution in [-0.4, -0.2) is 49.9 Å². The largest absolute Gasteiger partial charge is 0.374 e. The normalized spacial score (nSPS) is 17.0. The Balaban J connectivity index is 1.46. The molecule has 0 radical (unpaired) electrons. The van der Waals surface area contributed by atoms with E-state index in [2.05, 4.69) is 45.7 Å². The van der Waals surface area contributed by atoms with Crippen LogP contribution in [0.4, 0.5) is 11.4 Å². The van der Waals surface area contributed by atoms with Gasteiger partial charge in [0.05, 0.1) is 6.04 Å². The molecule has 7 heteroatoms. The van der Waals surface area contributed by atoms with E-state index in [0.717, 1.165) is 50.9 Å². The highest BCUT2D eigenvalue weighted by atomic mass is 35.5. The third-order valence-electron chi connectivity index (χ3n) is 6.60. The SMILES string of the molecule is Cc1c(Cl)cccc1NC(=O)C(=O)NCC(c1ccc2c(c1)CCCN2C)N1CCCC1. The third kappa shape index (κ3) is 4.92. The topological polar surface area (TPSA) is 64.7 Å². The maximum absolute atomic E-state index is 12.6. The molecular formula is C25H31ClN4O2. The maximum atomic E-state index is 12.6. The predicted octanol–water partition coefficient (Wildman–Crippen LogP) is 3.92. The molecule has 1 unspecified atom stereocenters. The van der Waals surface area contributed by atoms with Crippen molar-refractivity contribution in [2.45, 2.75) is 38.6 Å². The monoisotopic (exact) mass is 454 g/mol. The fourth-order valence-corrected chi connectivity index (χ4v) is 4.89. The van der Waals surface area contributed by atoms with Gasteiger partial charge in [0.1, 0.15) is 0 Å². The van der Waals surface area contributed by atoms with Gasteiger partial charge in [0.15, 0.2) is 0 Å². The summed E-state index contributed by atoms with van der Waals surface area (Å²) in [5.41, 5.74) is 5.14. The number of fused-ring (bicyclic) bond motifs is 1. The number of hydrogen-bond acceptors (Lipinski definition) is 4. The quantitative estimate of drug-likeness (QED) is 0.672. The van der Waals surface area contributed by atoms with E-state index in [4.69, 9.17) is 11.6 Å². The average Bonchev–Trinajstić information content (AvgIpc) is 3.31. The van der Waals surface area contributed by atoms with Crippen LogP contribution in [0.3, 0.4) is 0 Å². The van der Waals surface area contributed by atoms with Crippen LogP contribution < -0.4 is 15.5 Å². The number of rotatable bonds is 5. The lowest BCUT2D eigenvalue weighted by molar-refractivity contribution is -0.136. The molecule has 0 aromatic heterocycles. The molecule has 2 aliphatic heterocycles. The first kappa shape index (κ1) is 22.6. The van der Waals surface area contributed by atoms with Crippen LogP contribution >= 0.6 is 11.6 Å². The van der Waals surface area contributed by atoms with Gasteiger partial charge in [-0.25, -0.2) is 0 Å². The molecule has 0 aliphatic carbocycles. The van der Waals surface area contributed by atoms with E-state index < -0.39 is 11.8 Å². The number of likely N-dealkylation sites (tertiary alicyclic amines) is 1. The summed E-state index contributed by atoms with van der Waals surface area (Å²) in [4.78, 5) is 29.8. The van der Waals surface area contributed by atoms with Crippen LogP contribution in [0.1, 0.15) is 42.0 Å². The summed E-state index contributed by atoms with van der Waals surface area (Å²) in [5, 5.41) is 6.09. The molecule has 1 fully saturated rings. The minimum atomic E-state index is -0.678. The van der Waals surface area contributed by atoms with Gasteiger partial charge < -0.3 is 15.5 Å². The summed E-state index contributed by atoms with van der Waals surface area (Å²) >= 11 is 6.12. The second-order valence-corrected chi connectivity index (χ2v) is 9.16. The molecule has 0 bridgehead atoms. The first-order valence-corrected chi connectivity index (χ1v) is 11.7. The fraction of sp³-hybridized carbons (Fsp3) is 0.440. The van der Waals surface area contributed by atoms with Crippen molar-refractivity contribution in [3.63, 3.8) is 0 Å². The number of hydrogen-bond donors (Lipinski definition) is 2. The lowest BCUT2D eigenvalue weighted by Gasteiger charge is -2.31. The summed E-state index contributed by atoms with van der Waals surface area (Å²) in [6.07, 6.45) is 4.55. The molecule has 2 aromatic rings. The van der Waals surface area contributed by atoms with E-state index >= 15 is 0 Å². The number of benzene rings is 2. The average molecular weight is 455 g/mol. The molecular weight excluding hydrogens is 424 g/mol. The van der Waals surface area contributed by atoms with Crippen LogP contribution in [0.2, 0.25) is 5.02 Å². The number of carbonyl (C=O) groups is 2. The molecule has 6 nitrogen and oxygen atoms in total. The van der Waals surface area contributed by atoms with Crippen molar-refractivity contribution < 1.29 is 9.59 Å². The number of aryl methyl sites for hydroxylation is 1. The minimum Gasteiger partial charge on any atom is -0.374 e. The Morgan fingerprint density at radius 2 is 1.84 bits per heavy atom. The molecule has 4 rings (SSSR count). The molecule has 2 heterocycles. The van der Waals surface area contributed by atoms with Crippen molar-refractivity contribution in [3.05, 3.63) is 58.1 Å².